The Labute approximate surface area is 124 Å². The number of benzene rings is 2. The molecular weight excluding hydrogens is 286 g/mol. The van der Waals surface area contributed by atoms with E-state index in [4.69, 9.17) is 5.73 Å². The fourth-order valence-electron chi connectivity index (χ4n) is 1.85. The van der Waals surface area contributed by atoms with E-state index in [1.807, 2.05) is 0 Å². The minimum Gasteiger partial charge on any atom is -0.399 e. The fourth-order valence-corrected chi connectivity index (χ4v) is 3.15. The molecule has 1 atom stereocenters. The minimum atomic E-state index is -2.62. The molecule has 2 rings (SSSR count). The molecule has 0 aliphatic rings. The van der Waals surface area contributed by atoms with Crippen LogP contribution in [0.3, 0.4) is 0 Å². The van der Waals surface area contributed by atoms with E-state index in [0.717, 1.165) is 0 Å². The van der Waals surface area contributed by atoms with Gasteiger partial charge in [-0.1, -0.05) is 12.1 Å². The number of amides is 1. The Hall–Kier alpha value is -2.34. The first kappa shape index (κ1) is 15.1. The summed E-state index contributed by atoms with van der Waals surface area (Å²) < 4.78 is 17.1. The van der Waals surface area contributed by atoms with E-state index in [1.165, 1.54) is 6.92 Å². The van der Waals surface area contributed by atoms with Crippen LogP contribution in [0, 0.1) is 0 Å². The molecule has 110 valence electrons. The molecule has 0 bridgehead atoms. The van der Waals surface area contributed by atoms with Gasteiger partial charge in [0.2, 0.25) is 5.91 Å². The van der Waals surface area contributed by atoms with Crippen molar-refractivity contribution in [3.05, 3.63) is 48.5 Å². The number of hydrogen-bond acceptors (Lipinski definition) is 4. The predicted molar refractivity (Wildman–Crippen MR) is 86.0 cm³/mol. The smallest absolute Gasteiger partial charge is 0.221 e. The van der Waals surface area contributed by atoms with Crippen molar-refractivity contribution in [1.29, 1.82) is 0 Å². The summed E-state index contributed by atoms with van der Waals surface area (Å²) in [6, 6.07) is 13.8. The molecule has 0 spiro atoms. The summed E-state index contributed by atoms with van der Waals surface area (Å²) in [6.07, 6.45) is 1.56. The van der Waals surface area contributed by atoms with E-state index < -0.39 is 9.73 Å². The molecule has 0 radical (unpaired) electrons. The molecule has 21 heavy (non-hydrogen) atoms. The summed E-state index contributed by atoms with van der Waals surface area (Å²) in [6.45, 7) is 1.42. The third kappa shape index (κ3) is 4.06. The van der Waals surface area contributed by atoms with Gasteiger partial charge in [0.1, 0.15) is 0 Å². The Kier molecular flexibility index (Phi) is 4.28. The van der Waals surface area contributed by atoms with E-state index in [-0.39, 0.29) is 5.91 Å². The molecule has 0 aliphatic carbocycles. The number of nitrogen functional groups attached to an aromatic ring is 1. The van der Waals surface area contributed by atoms with Gasteiger partial charge in [-0.25, -0.2) is 4.21 Å². The average Bonchev–Trinajstić information content (AvgIpc) is 2.37. The van der Waals surface area contributed by atoms with Gasteiger partial charge < -0.3 is 11.1 Å². The minimum absolute atomic E-state index is 0.178. The van der Waals surface area contributed by atoms with Crippen LogP contribution in [0.5, 0.6) is 0 Å². The average molecular weight is 303 g/mol. The number of carbonyl (C=O) groups is 1. The van der Waals surface area contributed by atoms with Gasteiger partial charge in [0.05, 0.1) is 15.4 Å². The van der Waals surface area contributed by atoms with Crippen molar-refractivity contribution in [2.45, 2.75) is 11.8 Å². The maximum Gasteiger partial charge on any atom is 0.221 e. The van der Waals surface area contributed by atoms with E-state index >= 15 is 0 Å². The Morgan fingerprint density at radius 1 is 1.19 bits per heavy atom. The molecule has 3 N–H and O–H groups in total. The molecule has 0 heterocycles. The van der Waals surface area contributed by atoms with Gasteiger partial charge in [0.15, 0.2) is 0 Å². The Morgan fingerprint density at radius 3 is 2.57 bits per heavy atom. The third-order valence-corrected chi connectivity index (χ3v) is 4.43. The van der Waals surface area contributed by atoms with E-state index in [0.29, 0.717) is 22.0 Å². The summed E-state index contributed by atoms with van der Waals surface area (Å²) in [5, 5.41) is 2.66. The van der Waals surface area contributed by atoms with Crippen molar-refractivity contribution in [1.82, 2.24) is 0 Å². The molecule has 0 saturated heterocycles. The summed E-state index contributed by atoms with van der Waals surface area (Å²) in [5.41, 5.74) is 7.42. The predicted octanol–water partition coefficient (Wildman–Crippen LogP) is 3.02. The Balaban J connectivity index is 2.44. The second-order valence-corrected chi connectivity index (χ2v) is 6.96. The molecular formula is C15H17N3O2S. The lowest BCUT2D eigenvalue weighted by molar-refractivity contribution is -0.114. The number of rotatable bonds is 3. The van der Waals surface area contributed by atoms with Crippen LogP contribution in [-0.4, -0.2) is 16.4 Å². The summed E-state index contributed by atoms with van der Waals surface area (Å²) >= 11 is 0. The Morgan fingerprint density at radius 2 is 1.90 bits per heavy atom. The summed E-state index contributed by atoms with van der Waals surface area (Å²) in [5.74, 6) is -0.178. The van der Waals surface area contributed by atoms with Crippen LogP contribution in [0.4, 0.5) is 17.1 Å². The Bertz CT molecular complexity index is 793. The fraction of sp³-hybridized carbons (Fsp3) is 0.133. The molecule has 1 unspecified atom stereocenters. The van der Waals surface area contributed by atoms with Gasteiger partial charge in [-0.15, -0.1) is 0 Å². The van der Waals surface area contributed by atoms with Crippen molar-refractivity contribution in [2.75, 3.05) is 17.3 Å². The van der Waals surface area contributed by atoms with Gasteiger partial charge in [-0.3, -0.25) is 4.79 Å². The maximum atomic E-state index is 12.8. The normalized spacial score (nSPS) is 13.2. The zero-order valence-electron chi connectivity index (χ0n) is 11.9. The highest BCUT2D eigenvalue weighted by Gasteiger charge is 2.08. The highest BCUT2D eigenvalue weighted by atomic mass is 32.2. The molecule has 0 aliphatic heterocycles. The van der Waals surface area contributed by atoms with Gasteiger partial charge in [-0.2, -0.15) is 4.36 Å². The largest absolute Gasteiger partial charge is 0.399 e. The second kappa shape index (κ2) is 5.97. The van der Waals surface area contributed by atoms with Crippen LogP contribution in [0.2, 0.25) is 0 Å². The van der Waals surface area contributed by atoms with Crippen LogP contribution < -0.4 is 11.1 Å². The molecule has 1 amide bonds. The highest BCUT2D eigenvalue weighted by molar-refractivity contribution is 7.93. The second-order valence-electron chi connectivity index (χ2n) is 4.70. The number of nitrogens with zero attached hydrogens (tertiary/aromatic N) is 1. The van der Waals surface area contributed by atoms with Crippen LogP contribution in [-0.2, 0) is 14.5 Å². The van der Waals surface area contributed by atoms with Crippen molar-refractivity contribution >= 4 is 32.7 Å². The van der Waals surface area contributed by atoms with Crippen molar-refractivity contribution in [2.24, 2.45) is 4.36 Å². The summed E-state index contributed by atoms with van der Waals surface area (Å²) in [4.78, 5) is 11.6. The lowest BCUT2D eigenvalue weighted by atomic mass is 10.3. The van der Waals surface area contributed by atoms with Gasteiger partial charge >= 0.3 is 0 Å². The lowest BCUT2D eigenvalue weighted by Gasteiger charge is -2.08. The molecule has 5 nitrogen and oxygen atoms in total. The maximum absolute atomic E-state index is 12.8. The first-order valence-corrected chi connectivity index (χ1v) is 8.24. The zero-order valence-corrected chi connectivity index (χ0v) is 12.7. The van der Waals surface area contributed by atoms with E-state index in [9.17, 15) is 9.00 Å². The van der Waals surface area contributed by atoms with Gasteiger partial charge in [0, 0.05) is 29.4 Å². The van der Waals surface area contributed by atoms with Crippen LogP contribution >= 0.6 is 0 Å². The first-order valence-electron chi connectivity index (χ1n) is 6.32. The molecule has 2 aromatic rings. The standard InChI is InChI=1S/C15H17N3O2S/c1-11(19)17-13-6-4-8-15(10-13)21(2,20)18-14-7-3-5-12(16)9-14/h3-10H,16H2,1-2H3,(H,17,19). The number of carbonyl (C=O) groups excluding carboxylic acids is 1. The number of hydrogen-bond donors (Lipinski definition) is 2. The zero-order chi connectivity index (χ0) is 15.5. The van der Waals surface area contributed by atoms with Crippen molar-refractivity contribution in [3.63, 3.8) is 0 Å². The summed E-state index contributed by atoms with van der Waals surface area (Å²) in [7, 11) is -2.62. The van der Waals surface area contributed by atoms with Gasteiger partial charge in [-0.05, 0) is 36.4 Å². The van der Waals surface area contributed by atoms with Crippen LogP contribution in [0.25, 0.3) is 0 Å². The number of nitrogens with two attached hydrogens (primary N) is 1. The third-order valence-electron chi connectivity index (χ3n) is 2.74. The molecule has 0 fully saturated rings. The van der Waals surface area contributed by atoms with Gasteiger partial charge in [0.25, 0.3) is 0 Å². The quantitative estimate of drug-likeness (QED) is 0.855. The van der Waals surface area contributed by atoms with Crippen LogP contribution in [0.15, 0.2) is 57.8 Å². The SMILES string of the molecule is CC(=O)Nc1cccc(S(C)(=O)=Nc2cccc(N)c2)c1. The topological polar surface area (TPSA) is 84.5 Å². The molecule has 0 aromatic heterocycles. The molecule has 0 saturated carbocycles. The van der Waals surface area contributed by atoms with Crippen LogP contribution in [0.1, 0.15) is 6.92 Å². The van der Waals surface area contributed by atoms with E-state index in [2.05, 4.69) is 9.68 Å². The first-order chi connectivity index (χ1) is 9.87. The van der Waals surface area contributed by atoms with Crippen molar-refractivity contribution in [3.8, 4) is 0 Å². The monoisotopic (exact) mass is 303 g/mol. The number of anilines is 2. The van der Waals surface area contributed by atoms with Crippen molar-refractivity contribution < 1.29 is 9.00 Å². The lowest BCUT2D eigenvalue weighted by Crippen LogP contribution is -2.06. The molecule has 2 aromatic carbocycles. The number of nitrogens with one attached hydrogen (secondary N) is 1. The highest BCUT2D eigenvalue weighted by Crippen LogP contribution is 2.23. The van der Waals surface area contributed by atoms with E-state index in [1.54, 1.807) is 54.8 Å². The molecule has 6 heteroatoms.